The molecule has 25 heavy (non-hydrogen) atoms. The number of benzene rings is 1. The highest BCUT2D eigenvalue weighted by Gasteiger charge is 2.32. The van der Waals surface area contributed by atoms with Crippen molar-refractivity contribution in [1.29, 1.82) is 0 Å². The number of hydrogen-bond acceptors (Lipinski definition) is 3. The molecule has 1 aromatic rings. The van der Waals surface area contributed by atoms with Gasteiger partial charge in [-0.05, 0) is 12.0 Å². The Kier molecular flexibility index (Phi) is 8.52. The molecule has 0 atom stereocenters. The molecule has 0 bridgehead atoms. The summed E-state index contributed by atoms with van der Waals surface area (Å²) in [6.45, 7) is 2.10. The van der Waals surface area contributed by atoms with Gasteiger partial charge in [-0.2, -0.15) is 13.2 Å². The maximum absolute atomic E-state index is 12.4. The molecule has 0 spiro atoms. The van der Waals surface area contributed by atoms with Gasteiger partial charge in [0.1, 0.15) is 13.2 Å². The van der Waals surface area contributed by atoms with E-state index in [1.54, 1.807) is 12.1 Å². The molecule has 0 aliphatic carbocycles. The second kappa shape index (κ2) is 10.4. The summed E-state index contributed by atoms with van der Waals surface area (Å²) in [5.74, 6) is -0.642. The SMILES string of the molecule is C=CCN(CC(F)(F)F)C(=O)CCCNC(=O)OCc1ccccc1. The van der Waals surface area contributed by atoms with Gasteiger partial charge in [0, 0.05) is 19.5 Å². The summed E-state index contributed by atoms with van der Waals surface area (Å²) in [4.78, 5) is 24.0. The lowest BCUT2D eigenvalue weighted by molar-refractivity contribution is -0.160. The molecular formula is C17H21F3N2O3. The van der Waals surface area contributed by atoms with E-state index in [1.165, 1.54) is 6.08 Å². The summed E-state index contributed by atoms with van der Waals surface area (Å²) >= 11 is 0. The Morgan fingerprint density at radius 1 is 1.24 bits per heavy atom. The zero-order valence-electron chi connectivity index (χ0n) is 13.7. The van der Waals surface area contributed by atoms with E-state index in [9.17, 15) is 22.8 Å². The average molecular weight is 358 g/mol. The molecule has 0 aliphatic heterocycles. The lowest BCUT2D eigenvalue weighted by Gasteiger charge is -2.22. The summed E-state index contributed by atoms with van der Waals surface area (Å²) in [6, 6.07) is 9.09. The van der Waals surface area contributed by atoms with Crippen LogP contribution in [0, 0.1) is 0 Å². The fraction of sp³-hybridized carbons (Fsp3) is 0.412. The average Bonchev–Trinajstić information content (AvgIpc) is 2.56. The summed E-state index contributed by atoms with van der Waals surface area (Å²) in [5, 5.41) is 2.45. The fourth-order valence-electron chi connectivity index (χ4n) is 1.99. The molecule has 5 nitrogen and oxygen atoms in total. The Hall–Kier alpha value is -2.51. The molecule has 0 radical (unpaired) electrons. The smallest absolute Gasteiger partial charge is 0.407 e. The van der Waals surface area contributed by atoms with Gasteiger partial charge in [0.25, 0.3) is 0 Å². The Morgan fingerprint density at radius 3 is 2.52 bits per heavy atom. The van der Waals surface area contributed by atoms with Crippen molar-refractivity contribution in [3.05, 3.63) is 48.6 Å². The van der Waals surface area contributed by atoms with Gasteiger partial charge in [-0.15, -0.1) is 6.58 Å². The van der Waals surface area contributed by atoms with Crippen molar-refractivity contribution in [2.24, 2.45) is 0 Å². The Morgan fingerprint density at radius 2 is 1.92 bits per heavy atom. The molecular weight excluding hydrogens is 337 g/mol. The molecule has 0 saturated carbocycles. The number of carbonyl (C=O) groups is 2. The van der Waals surface area contributed by atoms with Gasteiger partial charge in [0.2, 0.25) is 5.91 Å². The highest BCUT2D eigenvalue weighted by atomic mass is 19.4. The van der Waals surface area contributed by atoms with Crippen molar-refractivity contribution in [3.8, 4) is 0 Å². The maximum Gasteiger partial charge on any atom is 0.407 e. The van der Waals surface area contributed by atoms with E-state index in [0.29, 0.717) is 4.90 Å². The van der Waals surface area contributed by atoms with Crippen LogP contribution in [0.25, 0.3) is 0 Å². The normalized spacial score (nSPS) is 10.8. The molecule has 1 rings (SSSR count). The molecule has 1 aromatic carbocycles. The van der Waals surface area contributed by atoms with Gasteiger partial charge in [-0.3, -0.25) is 4.79 Å². The van der Waals surface area contributed by atoms with Crippen LogP contribution in [0.15, 0.2) is 43.0 Å². The molecule has 0 fully saturated rings. The van der Waals surface area contributed by atoms with Crippen molar-refractivity contribution in [2.75, 3.05) is 19.6 Å². The van der Waals surface area contributed by atoms with Crippen LogP contribution in [0.1, 0.15) is 18.4 Å². The predicted octanol–water partition coefficient (Wildman–Crippen LogP) is 3.27. The van der Waals surface area contributed by atoms with E-state index in [0.717, 1.165) is 5.56 Å². The number of alkyl carbamates (subject to hydrolysis) is 1. The number of hydrogen-bond donors (Lipinski definition) is 1. The molecule has 0 heterocycles. The van der Waals surface area contributed by atoms with Crippen LogP contribution in [0.4, 0.5) is 18.0 Å². The zero-order chi connectivity index (χ0) is 18.7. The van der Waals surface area contributed by atoms with E-state index in [4.69, 9.17) is 4.74 Å². The summed E-state index contributed by atoms with van der Waals surface area (Å²) in [5.41, 5.74) is 0.833. The molecule has 1 N–H and O–H groups in total. The van der Waals surface area contributed by atoms with E-state index in [2.05, 4.69) is 11.9 Å². The number of nitrogens with one attached hydrogen (secondary N) is 1. The number of amides is 2. The largest absolute Gasteiger partial charge is 0.445 e. The van der Waals surface area contributed by atoms with Crippen molar-refractivity contribution in [2.45, 2.75) is 25.6 Å². The van der Waals surface area contributed by atoms with Gasteiger partial charge in [0.15, 0.2) is 0 Å². The van der Waals surface area contributed by atoms with Gasteiger partial charge < -0.3 is 15.0 Å². The van der Waals surface area contributed by atoms with Crippen LogP contribution in [0.3, 0.4) is 0 Å². The number of carbonyl (C=O) groups excluding carboxylic acids is 2. The lowest BCUT2D eigenvalue weighted by atomic mass is 10.2. The number of halogens is 3. The Balaban J connectivity index is 2.25. The molecule has 0 aromatic heterocycles. The van der Waals surface area contributed by atoms with Crippen LogP contribution >= 0.6 is 0 Å². The minimum absolute atomic E-state index is 0.108. The second-order valence-electron chi connectivity index (χ2n) is 5.27. The van der Waals surface area contributed by atoms with E-state index >= 15 is 0 Å². The van der Waals surface area contributed by atoms with Crippen LogP contribution in [0.5, 0.6) is 0 Å². The molecule has 0 unspecified atom stereocenters. The number of alkyl halides is 3. The first-order valence-corrected chi connectivity index (χ1v) is 7.72. The van der Waals surface area contributed by atoms with Crippen molar-refractivity contribution < 1.29 is 27.5 Å². The van der Waals surface area contributed by atoms with E-state index in [-0.39, 0.29) is 32.5 Å². The molecule has 138 valence electrons. The van der Waals surface area contributed by atoms with Crippen LogP contribution in [-0.2, 0) is 16.1 Å². The monoisotopic (exact) mass is 358 g/mol. The summed E-state index contributed by atoms with van der Waals surface area (Å²) in [6.07, 6.45) is -3.76. The quantitative estimate of drug-likeness (QED) is 0.544. The fourth-order valence-corrected chi connectivity index (χ4v) is 1.99. The molecule has 0 saturated heterocycles. The second-order valence-corrected chi connectivity index (χ2v) is 5.27. The highest BCUT2D eigenvalue weighted by molar-refractivity contribution is 5.76. The van der Waals surface area contributed by atoms with Gasteiger partial charge >= 0.3 is 12.3 Å². The number of nitrogens with zero attached hydrogens (tertiary/aromatic N) is 1. The number of ether oxygens (including phenoxy) is 1. The highest BCUT2D eigenvalue weighted by Crippen LogP contribution is 2.17. The molecule has 0 aliphatic rings. The van der Waals surface area contributed by atoms with Crippen LogP contribution in [0.2, 0.25) is 0 Å². The minimum atomic E-state index is -4.46. The standard InChI is InChI=1S/C17H21F3N2O3/c1-2-11-22(13-17(18,19)20)15(23)9-6-10-21-16(24)25-12-14-7-4-3-5-8-14/h2-5,7-8H,1,6,9-13H2,(H,21,24). The van der Waals surface area contributed by atoms with E-state index in [1.807, 2.05) is 18.2 Å². The third kappa shape index (κ3) is 9.39. The Labute approximate surface area is 144 Å². The van der Waals surface area contributed by atoms with Gasteiger partial charge in [-0.1, -0.05) is 36.4 Å². The Bertz CT molecular complexity index is 562. The first kappa shape index (κ1) is 20.5. The number of rotatable bonds is 9. The molecule has 2 amide bonds. The summed E-state index contributed by atoms with van der Waals surface area (Å²) in [7, 11) is 0. The zero-order valence-corrected chi connectivity index (χ0v) is 13.7. The minimum Gasteiger partial charge on any atom is -0.445 e. The summed E-state index contributed by atoms with van der Waals surface area (Å²) < 4.78 is 42.2. The van der Waals surface area contributed by atoms with Crippen molar-refractivity contribution in [1.82, 2.24) is 10.2 Å². The first-order valence-electron chi connectivity index (χ1n) is 7.72. The third-order valence-corrected chi connectivity index (χ3v) is 3.12. The topological polar surface area (TPSA) is 58.6 Å². The first-order chi connectivity index (χ1) is 11.8. The van der Waals surface area contributed by atoms with Gasteiger partial charge in [-0.25, -0.2) is 4.79 Å². The van der Waals surface area contributed by atoms with Gasteiger partial charge in [0.05, 0.1) is 0 Å². The van der Waals surface area contributed by atoms with Crippen LogP contribution in [-0.4, -0.2) is 42.7 Å². The lowest BCUT2D eigenvalue weighted by Crippen LogP contribution is -2.39. The molecule has 8 heteroatoms. The van der Waals surface area contributed by atoms with Crippen molar-refractivity contribution >= 4 is 12.0 Å². The van der Waals surface area contributed by atoms with E-state index < -0.39 is 24.7 Å². The van der Waals surface area contributed by atoms with Crippen LogP contribution < -0.4 is 5.32 Å². The maximum atomic E-state index is 12.4. The van der Waals surface area contributed by atoms with Crippen molar-refractivity contribution in [3.63, 3.8) is 0 Å². The third-order valence-electron chi connectivity index (χ3n) is 3.12. The predicted molar refractivity (Wildman–Crippen MR) is 86.7 cm³/mol.